The molecular weight excluding hydrogens is 318 g/mol. The van der Waals surface area contributed by atoms with Crippen molar-refractivity contribution in [1.82, 2.24) is 4.90 Å². The van der Waals surface area contributed by atoms with Crippen molar-refractivity contribution in [3.8, 4) is 0 Å². The largest absolute Gasteiger partial charge is 0.368 e. The van der Waals surface area contributed by atoms with E-state index in [1.165, 1.54) is 11.3 Å². The van der Waals surface area contributed by atoms with Crippen LogP contribution < -0.4 is 10.6 Å². The molecule has 0 aromatic heterocycles. The fourth-order valence-electron chi connectivity index (χ4n) is 2.61. The van der Waals surface area contributed by atoms with Gasteiger partial charge in [-0.15, -0.1) is 12.4 Å². The number of anilines is 1. The molecule has 2 N–H and O–H groups in total. The maximum atomic E-state index is 12.3. The van der Waals surface area contributed by atoms with E-state index in [1.54, 1.807) is 11.8 Å². The van der Waals surface area contributed by atoms with E-state index in [1.807, 2.05) is 11.2 Å². The van der Waals surface area contributed by atoms with Gasteiger partial charge in [0, 0.05) is 31.9 Å². The van der Waals surface area contributed by atoms with E-state index < -0.39 is 0 Å². The Labute approximate surface area is 143 Å². The number of rotatable bonds is 5. The van der Waals surface area contributed by atoms with Crippen LogP contribution in [0.4, 0.5) is 5.69 Å². The van der Waals surface area contributed by atoms with Crippen molar-refractivity contribution in [1.29, 1.82) is 0 Å². The van der Waals surface area contributed by atoms with Gasteiger partial charge in [0.1, 0.15) is 0 Å². The molecule has 0 aliphatic carbocycles. The van der Waals surface area contributed by atoms with Crippen LogP contribution in [-0.4, -0.2) is 55.0 Å². The third-order valence-electron chi connectivity index (χ3n) is 3.91. The number of benzene rings is 1. The summed E-state index contributed by atoms with van der Waals surface area (Å²) in [5.41, 5.74) is 8.49. The Morgan fingerprint density at radius 3 is 2.59 bits per heavy atom. The second-order valence-corrected chi connectivity index (χ2v) is 6.52. The van der Waals surface area contributed by atoms with Crippen LogP contribution in [0.3, 0.4) is 0 Å². The lowest BCUT2D eigenvalue weighted by Gasteiger charge is -2.37. The van der Waals surface area contributed by atoms with Crippen LogP contribution >= 0.6 is 24.2 Å². The Balaban J connectivity index is 0.00000242. The molecule has 0 saturated carbocycles. The monoisotopic (exact) mass is 343 g/mol. The molecule has 22 heavy (non-hydrogen) atoms. The maximum Gasteiger partial charge on any atom is 0.239 e. The number of nitrogens with two attached hydrogens (primary N) is 1. The fourth-order valence-corrected chi connectivity index (χ4v) is 3.10. The van der Waals surface area contributed by atoms with Crippen LogP contribution in [0, 0.1) is 6.92 Å². The quantitative estimate of drug-likeness (QED) is 0.890. The van der Waals surface area contributed by atoms with E-state index in [2.05, 4.69) is 36.1 Å². The third kappa shape index (κ3) is 5.07. The first-order valence-electron chi connectivity index (χ1n) is 7.46. The van der Waals surface area contributed by atoms with Gasteiger partial charge in [-0.05, 0) is 43.0 Å². The van der Waals surface area contributed by atoms with Gasteiger partial charge in [0.2, 0.25) is 5.91 Å². The lowest BCUT2D eigenvalue weighted by Crippen LogP contribution is -2.53. The van der Waals surface area contributed by atoms with Crippen molar-refractivity contribution in [2.75, 3.05) is 43.1 Å². The molecule has 1 aromatic rings. The Bertz CT molecular complexity index is 478. The summed E-state index contributed by atoms with van der Waals surface area (Å²) < 4.78 is 0. The van der Waals surface area contributed by atoms with E-state index in [0.29, 0.717) is 0 Å². The normalized spacial score (nSPS) is 16.1. The van der Waals surface area contributed by atoms with Crippen LogP contribution in [0.5, 0.6) is 0 Å². The number of halogens is 1. The minimum Gasteiger partial charge on any atom is -0.368 e. The van der Waals surface area contributed by atoms with E-state index in [9.17, 15) is 4.79 Å². The molecule has 2 rings (SSSR count). The minimum atomic E-state index is -0.344. The number of hydrogen-bond acceptors (Lipinski definition) is 4. The SMILES string of the molecule is CSCCC(N)C(=O)N1CCN(c2cccc(C)c2)CC1.Cl. The zero-order valence-electron chi connectivity index (χ0n) is 13.3. The van der Waals surface area contributed by atoms with Crippen LogP contribution in [-0.2, 0) is 4.79 Å². The highest BCUT2D eigenvalue weighted by Gasteiger charge is 2.25. The number of carbonyl (C=O) groups excluding carboxylic acids is 1. The topological polar surface area (TPSA) is 49.6 Å². The number of hydrogen-bond donors (Lipinski definition) is 1. The maximum absolute atomic E-state index is 12.3. The number of carbonyl (C=O) groups is 1. The van der Waals surface area contributed by atoms with Gasteiger partial charge in [0.15, 0.2) is 0 Å². The molecule has 1 aliphatic rings. The van der Waals surface area contributed by atoms with E-state index in [-0.39, 0.29) is 24.4 Å². The number of piperazine rings is 1. The molecule has 4 nitrogen and oxygen atoms in total. The molecule has 1 fully saturated rings. The summed E-state index contributed by atoms with van der Waals surface area (Å²) >= 11 is 1.73. The smallest absolute Gasteiger partial charge is 0.239 e. The lowest BCUT2D eigenvalue weighted by atomic mass is 10.1. The Kier molecular flexibility index (Phi) is 8.07. The number of nitrogens with zero attached hydrogens (tertiary/aromatic N) is 2. The first-order valence-corrected chi connectivity index (χ1v) is 8.86. The summed E-state index contributed by atoms with van der Waals surface area (Å²) in [7, 11) is 0. The molecule has 1 aliphatic heterocycles. The summed E-state index contributed by atoms with van der Waals surface area (Å²) in [6, 6.07) is 8.17. The predicted molar refractivity (Wildman–Crippen MR) is 98.2 cm³/mol. The molecule has 1 heterocycles. The van der Waals surface area contributed by atoms with Gasteiger partial charge in [0.05, 0.1) is 6.04 Å². The highest BCUT2D eigenvalue weighted by Crippen LogP contribution is 2.18. The first kappa shape index (κ1) is 19.1. The number of amides is 1. The van der Waals surface area contributed by atoms with Crippen molar-refractivity contribution in [3.05, 3.63) is 29.8 Å². The molecule has 6 heteroatoms. The van der Waals surface area contributed by atoms with E-state index in [0.717, 1.165) is 38.4 Å². The van der Waals surface area contributed by atoms with Crippen molar-refractivity contribution in [2.45, 2.75) is 19.4 Å². The average Bonchev–Trinajstić information content (AvgIpc) is 2.52. The summed E-state index contributed by atoms with van der Waals surface area (Å²) in [5, 5.41) is 0. The van der Waals surface area contributed by atoms with Gasteiger partial charge in [-0.1, -0.05) is 12.1 Å². The Morgan fingerprint density at radius 1 is 1.32 bits per heavy atom. The average molecular weight is 344 g/mol. The molecular formula is C16H26ClN3OS. The lowest BCUT2D eigenvalue weighted by molar-refractivity contribution is -0.132. The summed E-state index contributed by atoms with van der Waals surface area (Å²) in [6.45, 7) is 5.39. The van der Waals surface area contributed by atoms with Gasteiger partial charge in [-0.25, -0.2) is 0 Å². The van der Waals surface area contributed by atoms with Crippen molar-refractivity contribution >= 4 is 35.8 Å². The molecule has 0 radical (unpaired) electrons. The number of thioether (sulfide) groups is 1. The first-order chi connectivity index (χ1) is 10.1. The highest BCUT2D eigenvalue weighted by molar-refractivity contribution is 7.98. The highest BCUT2D eigenvalue weighted by atomic mass is 35.5. The van der Waals surface area contributed by atoms with Crippen molar-refractivity contribution in [3.63, 3.8) is 0 Å². The summed E-state index contributed by atoms with van der Waals surface area (Å²) in [6.07, 6.45) is 2.80. The van der Waals surface area contributed by atoms with E-state index in [4.69, 9.17) is 5.73 Å². The molecule has 0 spiro atoms. The molecule has 1 saturated heterocycles. The van der Waals surface area contributed by atoms with Crippen LogP contribution in [0.1, 0.15) is 12.0 Å². The van der Waals surface area contributed by atoms with Gasteiger partial charge >= 0.3 is 0 Å². The van der Waals surface area contributed by atoms with Crippen LogP contribution in [0.25, 0.3) is 0 Å². The minimum absolute atomic E-state index is 0. The fraction of sp³-hybridized carbons (Fsp3) is 0.562. The Morgan fingerprint density at radius 2 is 2.00 bits per heavy atom. The zero-order chi connectivity index (χ0) is 15.2. The summed E-state index contributed by atoms with van der Waals surface area (Å²) in [4.78, 5) is 16.5. The van der Waals surface area contributed by atoms with Crippen LogP contribution in [0.15, 0.2) is 24.3 Å². The third-order valence-corrected chi connectivity index (χ3v) is 4.55. The van der Waals surface area contributed by atoms with Crippen molar-refractivity contribution < 1.29 is 4.79 Å². The second-order valence-electron chi connectivity index (χ2n) is 5.54. The standard InChI is InChI=1S/C16H25N3OS.ClH/c1-13-4-3-5-14(12-13)18-7-9-19(10-8-18)16(20)15(17)6-11-21-2;/h3-5,12,15H,6-11,17H2,1-2H3;1H. The molecule has 1 aromatic carbocycles. The number of aryl methyl sites for hydroxylation is 1. The predicted octanol–water partition coefficient (Wildman–Crippen LogP) is 2.15. The van der Waals surface area contributed by atoms with Crippen LogP contribution in [0.2, 0.25) is 0 Å². The zero-order valence-corrected chi connectivity index (χ0v) is 15.0. The van der Waals surface area contributed by atoms with E-state index >= 15 is 0 Å². The molecule has 1 unspecified atom stereocenters. The van der Waals surface area contributed by atoms with Crippen molar-refractivity contribution in [2.24, 2.45) is 5.73 Å². The van der Waals surface area contributed by atoms with Gasteiger partial charge in [0.25, 0.3) is 0 Å². The molecule has 1 atom stereocenters. The van der Waals surface area contributed by atoms with Gasteiger partial charge in [-0.2, -0.15) is 11.8 Å². The summed E-state index contributed by atoms with van der Waals surface area (Å²) in [5.74, 6) is 1.05. The van der Waals surface area contributed by atoms with Gasteiger partial charge in [-0.3, -0.25) is 4.79 Å². The van der Waals surface area contributed by atoms with Gasteiger partial charge < -0.3 is 15.5 Å². The molecule has 124 valence electrons. The molecule has 0 bridgehead atoms. The second kappa shape index (κ2) is 9.28. The molecule has 1 amide bonds. The Hall–Kier alpha value is -0.910.